The average molecular weight is 235 g/mol. The van der Waals surface area contributed by atoms with Gasteiger partial charge in [-0.1, -0.05) is 76.7 Å². The zero-order chi connectivity index (χ0) is 12.6. The normalized spacial score (nSPS) is 11.1. The van der Waals surface area contributed by atoms with E-state index in [4.69, 9.17) is 6.58 Å². The molecule has 0 aliphatic heterocycles. The maximum Gasteiger partial charge on any atom is -0.0345 e. The Morgan fingerprint density at radius 1 is 0.647 bits per heavy atom. The fourth-order valence-corrected chi connectivity index (χ4v) is 1.99. The van der Waals surface area contributed by atoms with Gasteiger partial charge in [-0.3, -0.25) is 0 Å². The molecule has 0 aromatic carbocycles. The lowest BCUT2D eigenvalue weighted by Gasteiger charge is -1.99. The molecule has 17 heavy (non-hydrogen) atoms. The highest BCUT2D eigenvalue weighted by atomic mass is 14.0. The van der Waals surface area contributed by atoms with Crippen LogP contribution in [0.2, 0.25) is 0 Å². The lowest BCUT2D eigenvalue weighted by atomic mass is 10.1. The third-order valence-electron chi connectivity index (χ3n) is 3.13. The van der Waals surface area contributed by atoms with Gasteiger partial charge < -0.3 is 0 Å². The Hall–Kier alpha value is -0.520. The molecule has 0 nitrogen and oxygen atoms in total. The van der Waals surface area contributed by atoms with E-state index in [0.717, 1.165) is 6.42 Å². The summed E-state index contributed by atoms with van der Waals surface area (Å²) in [5.41, 5.74) is 0. The summed E-state index contributed by atoms with van der Waals surface area (Å²) in [7, 11) is 0. The van der Waals surface area contributed by atoms with Crippen LogP contribution in [0.25, 0.3) is 0 Å². The van der Waals surface area contributed by atoms with E-state index >= 15 is 0 Å². The van der Waals surface area contributed by atoms with Crippen LogP contribution in [0.15, 0.2) is 18.2 Å². The van der Waals surface area contributed by atoms with Gasteiger partial charge in [0.25, 0.3) is 0 Å². The highest BCUT2D eigenvalue weighted by Crippen LogP contribution is 2.10. The zero-order valence-electron chi connectivity index (χ0n) is 11.8. The van der Waals surface area contributed by atoms with Crippen LogP contribution in [0.5, 0.6) is 0 Å². The molecule has 0 rings (SSSR count). The van der Waals surface area contributed by atoms with E-state index in [-0.39, 0.29) is 0 Å². The molecule has 1 radical (unpaired) electrons. The lowest BCUT2D eigenvalue weighted by Crippen LogP contribution is -1.80. The molecule has 0 saturated carbocycles. The Morgan fingerprint density at radius 2 is 1.18 bits per heavy atom. The van der Waals surface area contributed by atoms with Crippen LogP contribution >= 0.6 is 0 Å². The second-order valence-electron chi connectivity index (χ2n) is 4.90. The molecule has 99 valence electrons. The summed E-state index contributed by atoms with van der Waals surface area (Å²) in [6.45, 7) is 7.59. The minimum absolute atomic E-state index is 1.04. The summed E-state index contributed by atoms with van der Waals surface area (Å²) in [6.07, 6.45) is 22.4. The van der Waals surface area contributed by atoms with E-state index in [1.165, 1.54) is 70.6 Å². The van der Waals surface area contributed by atoms with Crippen molar-refractivity contribution in [1.29, 1.82) is 0 Å². The van der Waals surface area contributed by atoms with Crippen LogP contribution in [0, 0.1) is 6.58 Å². The predicted octanol–water partition coefficient (Wildman–Crippen LogP) is 6.23. The first-order valence-electron chi connectivity index (χ1n) is 7.60. The Morgan fingerprint density at radius 3 is 1.76 bits per heavy atom. The fourth-order valence-electron chi connectivity index (χ4n) is 1.99. The SMILES string of the molecule is [CH]=CCCC/C=C/CCCCCCCCCC. The largest absolute Gasteiger partial charge is 0.0885 e. The van der Waals surface area contributed by atoms with Gasteiger partial charge in [0, 0.05) is 0 Å². The van der Waals surface area contributed by atoms with Gasteiger partial charge in [0.2, 0.25) is 0 Å². The minimum Gasteiger partial charge on any atom is -0.0885 e. The van der Waals surface area contributed by atoms with Crippen LogP contribution in [0.3, 0.4) is 0 Å². The van der Waals surface area contributed by atoms with Gasteiger partial charge in [-0.25, -0.2) is 0 Å². The maximum absolute atomic E-state index is 5.32. The van der Waals surface area contributed by atoms with Gasteiger partial charge in [0.15, 0.2) is 0 Å². The second kappa shape index (κ2) is 15.5. The Labute approximate surface area is 109 Å². The molecule has 0 unspecified atom stereocenters. The second-order valence-corrected chi connectivity index (χ2v) is 4.90. The Bertz CT molecular complexity index is 167. The summed E-state index contributed by atoms with van der Waals surface area (Å²) in [6, 6.07) is 0. The van der Waals surface area contributed by atoms with E-state index < -0.39 is 0 Å². The van der Waals surface area contributed by atoms with Crippen molar-refractivity contribution in [3.05, 3.63) is 24.8 Å². The number of hydrogen-bond acceptors (Lipinski definition) is 0. The van der Waals surface area contributed by atoms with E-state index in [1.807, 2.05) is 0 Å². The molecule has 0 aliphatic rings. The minimum atomic E-state index is 1.04. The highest BCUT2D eigenvalue weighted by molar-refractivity contribution is 4.82. The first-order valence-corrected chi connectivity index (χ1v) is 7.60. The fraction of sp³-hybridized carbons (Fsp3) is 0.765. The molecule has 0 N–H and O–H groups in total. The van der Waals surface area contributed by atoms with Crippen LogP contribution < -0.4 is 0 Å². The van der Waals surface area contributed by atoms with Crippen LogP contribution in [0.4, 0.5) is 0 Å². The van der Waals surface area contributed by atoms with Gasteiger partial charge in [0.05, 0.1) is 0 Å². The number of unbranched alkanes of at least 4 members (excludes halogenated alkanes) is 10. The van der Waals surface area contributed by atoms with Crippen molar-refractivity contribution in [3.8, 4) is 0 Å². The number of allylic oxidation sites excluding steroid dienone is 3. The average Bonchev–Trinajstić information content (AvgIpc) is 2.35. The summed E-state index contributed by atoms with van der Waals surface area (Å²) in [4.78, 5) is 0. The van der Waals surface area contributed by atoms with Crippen molar-refractivity contribution < 1.29 is 0 Å². The standard InChI is InChI=1S/C17H31/c1-3-5-7-9-11-13-15-17-16-14-12-10-8-6-4-2/h1,3,11,13H,4-10,12,14-17H2,2H3/b3-1?,13-11+. The zero-order valence-corrected chi connectivity index (χ0v) is 11.8. The molecule has 0 amide bonds. The third kappa shape index (κ3) is 15.5. The summed E-state index contributed by atoms with van der Waals surface area (Å²) in [5, 5.41) is 0. The van der Waals surface area contributed by atoms with Gasteiger partial charge in [-0.2, -0.15) is 0 Å². The van der Waals surface area contributed by atoms with E-state index in [1.54, 1.807) is 6.08 Å². The summed E-state index contributed by atoms with van der Waals surface area (Å²) < 4.78 is 0. The van der Waals surface area contributed by atoms with E-state index in [2.05, 4.69) is 19.1 Å². The molecular formula is C17H31. The molecular weight excluding hydrogens is 204 g/mol. The van der Waals surface area contributed by atoms with Gasteiger partial charge in [0.1, 0.15) is 0 Å². The smallest absolute Gasteiger partial charge is 0.0345 e. The topological polar surface area (TPSA) is 0 Å². The Balaban J connectivity index is 3.00. The molecule has 0 aromatic heterocycles. The van der Waals surface area contributed by atoms with Crippen molar-refractivity contribution in [2.24, 2.45) is 0 Å². The quantitative estimate of drug-likeness (QED) is 0.262. The third-order valence-corrected chi connectivity index (χ3v) is 3.13. The molecule has 0 atom stereocenters. The lowest BCUT2D eigenvalue weighted by molar-refractivity contribution is 0.577. The summed E-state index contributed by atoms with van der Waals surface area (Å²) in [5.74, 6) is 0. The van der Waals surface area contributed by atoms with Crippen molar-refractivity contribution in [3.63, 3.8) is 0 Å². The Kier molecular flexibility index (Phi) is 15.0. The molecule has 0 spiro atoms. The first-order chi connectivity index (χ1) is 8.41. The molecule has 0 bridgehead atoms. The molecule has 0 saturated heterocycles. The van der Waals surface area contributed by atoms with Crippen molar-refractivity contribution >= 4 is 0 Å². The molecule has 0 aromatic rings. The van der Waals surface area contributed by atoms with Crippen LogP contribution in [-0.2, 0) is 0 Å². The number of hydrogen-bond donors (Lipinski definition) is 0. The van der Waals surface area contributed by atoms with Gasteiger partial charge >= 0.3 is 0 Å². The molecule has 0 heterocycles. The molecule has 0 heteroatoms. The van der Waals surface area contributed by atoms with Crippen molar-refractivity contribution in [2.45, 2.75) is 84.0 Å². The molecule has 0 aliphatic carbocycles. The van der Waals surface area contributed by atoms with E-state index in [0.29, 0.717) is 0 Å². The van der Waals surface area contributed by atoms with Crippen LogP contribution in [-0.4, -0.2) is 0 Å². The van der Waals surface area contributed by atoms with Gasteiger partial charge in [-0.15, -0.1) is 0 Å². The predicted molar refractivity (Wildman–Crippen MR) is 79.1 cm³/mol. The van der Waals surface area contributed by atoms with E-state index in [9.17, 15) is 0 Å². The van der Waals surface area contributed by atoms with Crippen molar-refractivity contribution in [1.82, 2.24) is 0 Å². The number of rotatable bonds is 13. The maximum atomic E-state index is 5.32. The van der Waals surface area contributed by atoms with Crippen molar-refractivity contribution in [2.75, 3.05) is 0 Å². The highest BCUT2D eigenvalue weighted by Gasteiger charge is 1.90. The monoisotopic (exact) mass is 235 g/mol. The van der Waals surface area contributed by atoms with Gasteiger partial charge in [-0.05, 0) is 32.1 Å². The summed E-state index contributed by atoms with van der Waals surface area (Å²) >= 11 is 0. The van der Waals surface area contributed by atoms with Crippen LogP contribution in [0.1, 0.15) is 84.0 Å². The molecule has 0 fully saturated rings. The first kappa shape index (κ1) is 16.5.